The van der Waals surface area contributed by atoms with E-state index in [4.69, 9.17) is 19.5 Å². The summed E-state index contributed by atoms with van der Waals surface area (Å²) in [6.45, 7) is 8.02. The van der Waals surface area contributed by atoms with Gasteiger partial charge in [-0.1, -0.05) is 38.1 Å². The molecule has 3 aromatic rings. The van der Waals surface area contributed by atoms with E-state index < -0.39 is 46.7 Å². The Hall–Kier alpha value is -4.00. The molecule has 1 aliphatic rings. The van der Waals surface area contributed by atoms with Gasteiger partial charge in [0.2, 0.25) is 0 Å². The number of thioether (sulfide) groups is 1. The van der Waals surface area contributed by atoms with E-state index in [1.165, 1.54) is 53.4 Å². The van der Waals surface area contributed by atoms with Crippen molar-refractivity contribution in [2.45, 2.75) is 68.7 Å². The lowest BCUT2D eigenvalue weighted by atomic mass is 9.89. The maximum Gasteiger partial charge on any atom is 0.306 e. The zero-order valence-corrected chi connectivity index (χ0v) is 29.1. The van der Waals surface area contributed by atoms with E-state index in [1.54, 1.807) is 31.2 Å². The third kappa shape index (κ3) is 10.7. The second-order valence-electron chi connectivity index (χ2n) is 11.8. The molecule has 4 rings (SSSR count). The van der Waals surface area contributed by atoms with Crippen molar-refractivity contribution in [1.82, 2.24) is 19.7 Å². The minimum Gasteiger partial charge on any atom is -0.451 e. The number of hydrogen-bond donors (Lipinski definition) is 1. The number of aliphatic hydroxyl groups excluding tert-OH is 1. The summed E-state index contributed by atoms with van der Waals surface area (Å²) >= 11 is 1.36. The van der Waals surface area contributed by atoms with Gasteiger partial charge in [-0.2, -0.15) is 10.4 Å². The first-order chi connectivity index (χ1) is 24.1. The van der Waals surface area contributed by atoms with Crippen LogP contribution >= 0.6 is 11.8 Å². The highest BCUT2D eigenvalue weighted by molar-refractivity contribution is 8.00. The molecule has 0 amide bonds. The third-order valence-electron chi connectivity index (χ3n) is 8.32. The second kappa shape index (κ2) is 18.8. The van der Waals surface area contributed by atoms with E-state index >= 15 is 4.39 Å². The van der Waals surface area contributed by atoms with Crippen LogP contribution in [0.25, 0.3) is 6.08 Å². The van der Waals surface area contributed by atoms with Crippen LogP contribution in [0.1, 0.15) is 50.3 Å². The molecule has 0 bridgehead atoms. The number of hydrogen-bond acceptors (Lipinski definition) is 10. The number of aliphatic hydroxyl groups is 1. The molecule has 1 N–H and O–H groups in total. The Kier molecular flexibility index (Phi) is 14.6. The zero-order chi connectivity index (χ0) is 36.1. The molecule has 0 spiro atoms. The van der Waals surface area contributed by atoms with Crippen molar-refractivity contribution in [3.63, 3.8) is 0 Å². The topological polar surface area (TPSA) is 123 Å². The number of nitrogens with zero attached hydrogens (tertiary/aromatic N) is 5. The first kappa shape index (κ1) is 38.8. The summed E-state index contributed by atoms with van der Waals surface area (Å²) in [7, 11) is 0. The molecule has 0 aliphatic carbocycles. The molecule has 1 unspecified atom stereocenters. The Morgan fingerprint density at radius 2 is 1.94 bits per heavy atom. The third-order valence-corrected chi connectivity index (χ3v) is 9.77. The van der Waals surface area contributed by atoms with Crippen molar-refractivity contribution in [1.29, 1.82) is 5.26 Å². The highest BCUT2D eigenvalue weighted by Gasteiger charge is 2.46. The molecule has 2 aromatic carbocycles. The highest BCUT2D eigenvalue weighted by Crippen LogP contribution is 2.42. The number of esters is 1. The molecule has 2 heterocycles. The van der Waals surface area contributed by atoms with Crippen LogP contribution in [-0.2, 0) is 31.2 Å². The minimum atomic E-state index is -1.67. The van der Waals surface area contributed by atoms with Crippen molar-refractivity contribution in [3.8, 4) is 6.07 Å². The van der Waals surface area contributed by atoms with Gasteiger partial charge in [0.25, 0.3) is 0 Å². The number of ether oxygens (including phenoxy) is 3. The van der Waals surface area contributed by atoms with Gasteiger partial charge in [-0.3, -0.25) is 4.79 Å². The fourth-order valence-corrected chi connectivity index (χ4v) is 6.90. The Bertz CT molecular complexity index is 1640. The van der Waals surface area contributed by atoms with Crippen LogP contribution in [0.2, 0.25) is 0 Å². The smallest absolute Gasteiger partial charge is 0.306 e. The Morgan fingerprint density at radius 3 is 2.58 bits per heavy atom. The first-order valence-corrected chi connectivity index (χ1v) is 17.3. The van der Waals surface area contributed by atoms with Gasteiger partial charge in [-0.05, 0) is 56.8 Å². The standard InChI is InChI=1S/C36H42F3N5O5S/c1-4-43(5-2)19-29(45)13-15-34(46)49-36(22-44-24-41-23-42-44,31-14-12-28(37)17-33(31)39)25(3)50-30-20-47-35(48-21-30)9-7-6-8-27-11-10-26(18-40)16-32(27)38/h6-12,14,16-17,23-25,29-30,35,45H,4-5,13,15,19-22H2,1-3H3/t25-,29?,30?,35?,36-/m1/s1. The molecule has 10 nitrogen and oxygen atoms in total. The molecule has 0 radical (unpaired) electrons. The largest absolute Gasteiger partial charge is 0.451 e. The zero-order valence-electron chi connectivity index (χ0n) is 28.3. The van der Waals surface area contributed by atoms with Crippen molar-refractivity contribution in [3.05, 3.63) is 101 Å². The molecular weight excluding hydrogens is 671 g/mol. The lowest BCUT2D eigenvalue weighted by Gasteiger charge is -2.40. The number of carbonyl (C=O) groups is 1. The lowest BCUT2D eigenvalue weighted by Crippen LogP contribution is -2.47. The van der Waals surface area contributed by atoms with Crippen LogP contribution in [-0.4, -0.2) is 86.5 Å². The summed E-state index contributed by atoms with van der Waals surface area (Å²) in [6.07, 6.45) is 7.82. The van der Waals surface area contributed by atoms with E-state index in [-0.39, 0.29) is 49.0 Å². The highest BCUT2D eigenvalue weighted by atomic mass is 32.2. The minimum absolute atomic E-state index is 0.0321. The summed E-state index contributed by atoms with van der Waals surface area (Å²) in [5, 5.41) is 22.8. The number of carbonyl (C=O) groups excluding carboxylic acids is 1. The molecule has 14 heteroatoms. The van der Waals surface area contributed by atoms with Gasteiger partial charge in [0, 0.05) is 35.4 Å². The summed E-state index contributed by atoms with van der Waals surface area (Å²) in [6, 6.07) is 9.24. The normalized spacial score (nSPS) is 19.0. The van der Waals surface area contributed by atoms with Gasteiger partial charge in [-0.15, -0.1) is 11.8 Å². The van der Waals surface area contributed by atoms with Crippen molar-refractivity contribution >= 4 is 23.8 Å². The average molecular weight is 714 g/mol. The van der Waals surface area contributed by atoms with Gasteiger partial charge >= 0.3 is 5.97 Å². The predicted molar refractivity (Wildman–Crippen MR) is 183 cm³/mol. The quantitative estimate of drug-likeness (QED) is 0.139. The summed E-state index contributed by atoms with van der Waals surface area (Å²) < 4.78 is 63.3. The fourth-order valence-electron chi connectivity index (χ4n) is 5.54. The monoisotopic (exact) mass is 713 g/mol. The van der Waals surface area contributed by atoms with Gasteiger partial charge in [-0.25, -0.2) is 22.8 Å². The molecule has 1 saturated heterocycles. The molecule has 268 valence electrons. The van der Waals surface area contributed by atoms with Gasteiger partial charge in [0.15, 0.2) is 11.9 Å². The van der Waals surface area contributed by atoms with Crippen LogP contribution < -0.4 is 0 Å². The molecule has 1 aliphatic heterocycles. The van der Waals surface area contributed by atoms with Crippen LogP contribution in [0.5, 0.6) is 0 Å². The Morgan fingerprint density at radius 1 is 1.18 bits per heavy atom. The lowest BCUT2D eigenvalue weighted by molar-refractivity contribution is -0.164. The second-order valence-corrected chi connectivity index (χ2v) is 13.4. The number of allylic oxidation sites excluding steroid dienone is 2. The van der Waals surface area contributed by atoms with E-state index in [0.717, 1.165) is 25.2 Å². The molecule has 3 atom stereocenters. The summed E-state index contributed by atoms with van der Waals surface area (Å²) in [4.78, 5) is 19.5. The number of rotatable bonds is 17. The molecule has 1 aromatic heterocycles. The molecular formula is C36H42F3N5O5S. The van der Waals surface area contributed by atoms with E-state index in [9.17, 15) is 18.7 Å². The van der Waals surface area contributed by atoms with Crippen molar-refractivity contribution in [2.75, 3.05) is 32.8 Å². The maximum absolute atomic E-state index is 15.6. The Labute approximate surface area is 294 Å². The summed E-state index contributed by atoms with van der Waals surface area (Å²) in [5.74, 6) is -2.83. The molecule has 0 saturated carbocycles. The number of halogens is 3. The number of aromatic nitrogens is 3. The fraction of sp³-hybridized carbons (Fsp3) is 0.444. The van der Waals surface area contributed by atoms with Crippen molar-refractivity contribution < 1.29 is 37.3 Å². The van der Waals surface area contributed by atoms with Crippen LogP contribution in [0.15, 0.2) is 67.3 Å². The summed E-state index contributed by atoms with van der Waals surface area (Å²) in [5.41, 5.74) is -1.14. The van der Waals surface area contributed by atoms with E-state index in [0.29, 0.717) is 12.1 Å². The van der Waals surface area contributed by atoms with Crippen LogP contribution in [0.3, 0.4) is 0 Å². The van der Waals surface area contributed by atoms with Gasteiger partial charge in [0.05, 0.1) is 42.7 Å². The first-order valence-electron chi connectivity index (χ1n) is 16.4. The van der Waals surface area contributed by atoms with Gasteiger partial charge in [0.1, 0.15) is 30.1 Å². The predicted octanol–water partition coefficient (Wildman–Crippen LogP) is 5.62. The number of nitriles is 1. The van der Waals surface area contributed by atoms with E-state index in [2.05, 4.69) is 10.1 Å². The maximum atomic E-state index is 15.6. The molecule has 50 heavy (non-hydrogen) atoms. The SMILES string of the molecule is CCN(CC)CC(O)CCC(=O)O[C@@](Cn1cncn1)(c1ccc(F)cc1F)[C@@H](C)SC1COC(C=CC=Cc2ccc(C#N)cc2F)OC1. The number of likely N-dealkylation sites (N-methyl/N-ethyl adjacent to an activating group) is 1. The van der Waals surface area contributed by atoms with Gasteiger partial charge < -0.3 is 24.2 Å². The average Bonchev–Trinajstić information content (AvgIpc) is 3.62. The van der Waals surface area contributed by atoms with Crippen LogP contribution in [0.4, 0.5) is 13.2 Å². The number of benzene rings is 2. The molecule has 1 fully saturated rings. The van der Waals surface area contributed by atoms with Crippen molar-refractivity contribution in [2.24, 2.45) is 0 Å². The van der Waals surface area contributed by atoms with E-state index in [1.807, 2.05) is 24.8 Å². The Balaban J connectivity index is 1.48. The van der Waals surface area contributed by atoms with Crippen LogP contribution in [0, 0.1) is 28.8 Å².